The normalized spacial score (nSPS) is 20.2. The predicted molar refractivity (Wildman–Crippen MR) is 102 cm³/mol. The van der Waals surface area contributed by atoms with Crippen LogP contribution in [0.5, 0.6) is 0 Å². The molecule has 2 aliphatic carbocycles. The molecule has 0 saturated heterocycles. The molecule has 5 heteroatoms. The van der Waals surface area contributed by atoms with Gasteiger partial charge in [0.15, 0.2) is 0 Å². The lowest BCUT2D eigenvalue weighted by Crippen LogP contribution is -2.53. The number of carbonyl (C=O) groups excluding carboxylic acids is 2. The molecule has 0 radical (unpaired) electrons. The van der Waals surface area contributed by atoms with Crippen molar-refractivity contribution in [2.75, 3.05) is 0 Å². The van der Waals surface area contributed by atoms with E-state index < -0.39 is 12.1 Å². The molecule has 0 bridgehead atoms. The maximum atomic E-state index is 12.6. The minimum Gasteiger partial charge on any atom is -0.352 e. The lowest BCUT2D eigenvalue weighted by Gasteiger charge is -2.25. The number of carbonyl (C=O) groups is 2. The van der Waals surface area contributed by atoms with Crippen LogP contribution in [0.1, 0.15) is 56.9 Å². The van der Waals surface area contributed by atoms with E-state index in [1.54, 1.807) is 0 Å². The molecule has 26 heavy (non-hydrogen) atoms. The van der Waals surface area contributed by atoms with Gasteiger partial charge >= 0.3 is 0 Å². The van der Waals surface area contributed by atoms with Crippen LogP contribution in [0.15, 0.2) is 30.3 Å². The van der Waals surface area contributed by atoms with Crippen LogP contribution in [0.25, 0.3) is 0 Å². The zero-order chi connectivity index (χ0) is 18.4. The van der Waals surface area contributed by atoms with E-state index in [-0.39, 0.29) is 17.9 Å². The smallest absolute Gasteiger partial charge is 0.243 e. The molecule has 5 nitrogen and oxygen atoms in total. The van der Waals surface area contributed by atoms with Crippen LogP contribution in [-0.4, -0.2) is 29.9 Å². The van der Waals surface area contributed by atoms with E-state index in [1.807, 2.05) is 30.3 Å². The number of nitrogens with one attached hydrogen (secondary N) is 2. The fourth-order valence-electron chi connectivity index (χ4n) is 3.76. The molecule has 0 aliphatic heterocycles. The lowest BCUT2D eigenvalue weighted by molar-refractivity contribution is -0.129. The molecule has 2 fully saturated rings. The van der Waals surface area contributed by atoms with Gasteiger partial charge in [-0.15, -0.1) is 0 Å². The van der Waals surface area contributed by atoms with Gasteiger partial charge in [0.2, 0.25) is 11.8 Å². The summed E-state index contributed by atoms with van der Waals surface area (Å²) in [7, 11) is 0. The predicted octanol–water partition coefficient (Wildman–Crippen LogP) is 2.29. The fraction of sp³-hybridized carbons (Fsp3) is 0.619. The van der Waals surface area contributed by atoms with E-state index in [0.717, 1.165) is 31.2 Å². The molecular formula is C21H31N3O2. The van der Waals surface area contributed by atoms with Gasteiger partial charge in [-0.2, -0.15) is 0 Å². The van der Waals surface area contributed by atoms with Gasteiger partial charge in [0.1, 0.15) is 6.04 Å². The maximum Gasteiger partial charge on any atom is 0.243 e. The zero-order valence-electron chi connectivity index (χ0n) is 15.5. The molecular weight excluding hydrogens is 326 g/mol. The third kappa shape index (κ3) is 5.84. The van der Waals surface area contributed by atoms with E-state index in [9.17, 15) is 9.59 Å². The molecule has 1 aromatic carbocycles. The Balaban J connectivity index is 1.57. The first-order valence-electron chi connectivity index (χ1n) is 10.0. The Morgan fingerprint density at radius 3 is 2.35 bits per heavy atom. The topological polar surface area (TPSA) is 84.2 Å². The Hall–Kier alpha value is -1.88. The quantitative estimate of drug-likeness (QED) is 0.667. The maximum absolute atomic E-state index is 12.6. The average molecular weight is 357 g/mol. The van der Waals surface area contributed by atoms with Crippen LogP contribution in [0.4, 0.5) is 0 Å². The molecule has 2 aliphatic rings. The Morgan fingerprint density at radius 2 is 1.69 bits per heavy atom. The van der Waals surface area contributed by atoms with Gasteiger partial charge in [0.25, 0.3) is 0 Å². The van der Waals surface area contributed by atoms with Crippen molar-refractivity contribution in [3.8, 4) is 0 Å². The number of nitrogens with two attached hydrogens (primary N) is 1. The monoisotopic (exact) mass is 357 g/mol. The standard InChI is InChI=1S/C21H31N3O2/c22-18(13-15-7-3-1-4-8-15)20(25)24-19(21(26)23-17-11-12-17)14-16-9-5-2-6-10-16/h2,5-6,9-10,15,17-19H,1,3-4,7-8,11-14,22H2,(H,23,26)(H,24,25)/t18-,19?/m1/s1. The van der Waals surface area contributed by atoms with Crippen molar-refractivity contribution in [1.82, 2.24) is 10.6 Å². The van der Waals surface area contributed by atoms with E-state index in [4.69, 9.17) is 5.73 Å². The highest BCUT2D eigenvalue weighted by atomic mass is 16.2. The van der Waals surface area contributed by atoms with E-state index in [2.05, 4.69) is 10.6 Å². The Morgan fingerprint density at radius 1 is 1.00 bits per heavy atom. The first-order valence-corrected chi connectivity index (χ1v) is 10.0. The summed E-state index contributed by atoms with van der Waals surface area (Å²) in [6.45, 7) is 0. The summed E-state index contributed by atoms with van der Waals surface area (Å²) in [6.07, 6.45) is 9.34. The molecule has 4 N–H and O–H groups in total. The first-order chi connectivity index (χ1) is 12.6. The highest BCUT2D eigenvalue weighted by Crippen LogP contribution is 2.27. The van der Waals surface area contributed by atoms with Crippen LogP contribution in [-0.2, 0) is 16.0 Å². The zero-order valence-corrected chi connectivity index (χ0v) is 15.5. The van der Waals surface area contributed by atoms with E-state index in [1.165, 1.54) is 19.3 Å². The number of amides is 2. The van der Waals surface area contributed by atoms with Crippen molar-refractivity contribution < 1.29 is 9.59 Å². The lowest BCUT2D eigenvalue weighted by atomic mass is 9.85. The van der Waals surface area contributed by atoms with E-state index in [0.29, 0.717) is 18.8 Å². The van der Waals surface area contributed by atoms with Crippen LogP contribution in [0.3, 0.4) is 0 Å². The third-order valence-corrected chi connectivity index (χ3v) is 5.49. The van der Waals surface area contributed by atoms with Crippen molar-refractivity contribution in [3.05, 3.63) is 35.9 Å². The SMILES string of the molecule is N[C@H](CC1CCCCC1)C(=O)NC(Cc1ccccc1)C(=O)NC1CC1. The summed E-state index contributed by atoms with van der Waals surface area (Å²) >= 11 is 0. The Labute approximate surface area is 156 Å². The molecule has 0 heterocycles. The fourth-order valence-corrected chi connectivity index (χ4v) is 3.76. The largest absolute Gasteiger partial charge is 0.352 e. The number of hydrogen-bond acceptors (Lipinski definition) is 3. The van der Waals surface area contributed by atoms with Gasteiger partial charge in [-0.1, -0.05) is 62.4 Å². The van der Waals surface area contributed by atoms with Gasteiger partial charge in [0, 0.05) is 12.5 Å². The van der Waals surface area contributed by atoms with Crippen molar-refractivity contribution in [2.24, 2.45) is 11.7 Å². The molecule has 1 aromatic rings. The summed E-state index contributed by atoms with van der Waals surface area (Å²) in [5.74, 6) is 0.231. The molecule has 3 rings (SSSR count). The summed E-state index contributed by atoms with van der Waals surface area (Å²) < 4.78 is 0. The Bertz CT molecular complexity index is 595. The average Bonchev–Trinajstić information content (AvgIpc) is 3.46. The van der Waals surface area contributed by atoms with Gasteiger partial charge in [-0.3, -0.25) is 9.59 Å². The highest BCUT2D eigenvalue weighted by Gasteiger charge is 2.30. The molecule has 0 aromatic heterocycles. The number of benzene rings is 1. The molecule has 2 amide bonds. The first kappa shape index (κ1) is 18.9. The molecule has 0 spiro atoms. The minimum atomic E-state index is -0.567. The second-order valence-electron chi connectivity index (χ2n) is 7.88. The van der Waals surface area contributed by atoms with Crippen LogP contribution in [0.2, 0.25) is 0 Å². The molecule has 1 unspecified atom stereocenters. The van der Waals surface area contributed by atoms with Gasteiger partial charge in [-0.05, 0) is 30.7 Å². The van der Waals surface area contributed by atoms with Crippen LogP contribution < -0.4 is 16.4 Å². The van der Waals surface area contributed by atoms with Gasteiger partial charge < -0.3 is 16.4 Å². The van der Waals surface area contributed by atoms with Crippen molar-refractivity contribution in [1.29, 1.82) is 0 Å². The molecule has 2 atom stereocenters. The van der Waals surface area contributed by atoms with Crippen molar-refractivity contribution >= 4 is 11.8 Å². The molecule has 2 saturated carbocycles. The second kappa shape index (κ2) is 9.17. The van der Waals surface area contributed by atoms with Crippen LogP contribution in [0, 0.1) is 5.92 Å². The number of hydrogen-bond donors (Lipinski definition) is 3. The van der Waals surface area contributed by atoms with Crippen molar-refractivity contribution in [2.45, 2.75) is 75.9 Å². The summed E-state index contributed by atoms with van der Waals surface area (Å²) in [5, 5.41) is 5.92. The second-order valence-corrected chi connectivity index (χ2v) is 7.88. The van der Waals surface area contributed by atoms with Gasteiger partial charge in [-0.25, -0.2) is 0 Å². The third-order valence-electron chi connectivity index (χ3n) is 5.49. The highest BCUT2D eigenvalue weighted by molar-refractivity contribution is 5.90. The summed E-state index contributed by atoms with van der Waals surface area (Å²) in [6, 6.07) is 8.96. The minimum absolute atomic E-state index is 0.102. The van der Waals surface area contributed by atoms with E-state index >= 15 is 0 Å². The van der Waals surface area contributed by atoms with Gasteiger partial charge in [0.05, 0.1) is 6.04 Å². The van der Waals surface area contributed by atoms with Crippen molar-refractivity contribution in [3.63, 3.8) is 0 Å². The Kier molecular flexibility index (Phi) is 6.67. The summed E-state index contributed by atoms with van der Waals surface area (Å²) in [5.41, 5.74) is 7.19. The van der Waals surface area contributed by atoms with Crippen LogP contribution >= 0.6 is 0 Å². The number of rotatable bonds is 8. The molecule has 142 valence electrons. The summed E-state index contributed by atoms with van der Waals surface area (Å²) in [4.78, 5) is 25.2.